The summed E-state index contributed by atoms with van der Waals surface area (Å²) in [6.07, 6.45) is 1.86. The third-order valence-corrected chi connectivity index (χ3v) is 16.3. The van der Waals surface area contributed by atoms with Crippen molar-refractivity contribution in [2.45, 2.75) is 125 Å². The topological polar surface area (TPSA) is 296 Å². The van der Waals surface area contributed by atoms with E-state index in [1.165, 1.54) is 34.0 Å². The van der Waals surface area contributed by atoms with Crippen LogP contribution in [0.3, 0.4) is 0 Å². The number of nitrogens with two attached hydrogens (primary N) is 1. The van der Waals surface area contributed by atoms with Crippen LogP contribution in [0, 0.1) is 35.5 Å². The third kappa shape index (κ3) is 11.5. The highest BCUT2D eigenvalue weighted by molar-refractivity contribution is 8.77. The normalized spacial score (nSPS) is 35.2. The molecule has 2 aliphatic carbocycles. The number of esters is 1. The third-order valence-electron chi connectivity index (χ3n) is 13.3. The summed E-state index contributed by atoms with van der Waals surface area (Å²) in [6.45, 7) is 2.12. The first-order valence-corrected chi connectivity index (χ1v) is 25.4. The molecule has 3 fully saturated rings. The van der Waals surface area contributed by atoms with Crippen LogP contribution in [0.1, 0.15) is 65.2 Å². The molecule has 0 aromatic rings. The lowest BCUT2D eigenvalue weighted by molar-refractivity contribution is -0.413. The van der Waals surface area contributed by atoms with Crippen LogP contribution in [0.15, 0.2) is 63.2 Å². The van der Waals surface area contributed by atoms with Crippen LogP contribution in [0.5, 0.6) is 0 Å². The molecule has 12 atom stereocenters. The number of guanidine groups is 1. The van der Waals surface area contributed by atoms with Crippen LogP contribution in [0.2, 0.25) is 0 Å². The van der Waals surface area contributed by atoms with E-state index in [0.29, 0.717) is 36.2 Å². The molecule has 21 heteroatoms. The molecular weight excluding hydrogens is 913 g/mol. The molecule has 67 heavy (non-hydrogen) atoms. The number of aliphatic hydroxyl groups is 7. The molecule has 0 amide bonds. The van der Waals surface area contributed by atoms with Gasteiger partial charge in [0.05, 0.1) is 54.4 Å². The summed E-state index contributed by atoms with van der Waals surface area (Å²) >= 11 is 0. The Hall–Kier alpha value is -3.63. The lowest BCUT2D eigenvalue weighted by Crippen LogP contribution is -2.69. The Balaban J connectivity index is 1.45. The summed E-state index contributed by atoms with van der Waals surface area (Å²) in [5.74, 6) is -0.208. The zero-order chi connectivity index (χ0) is 48.0. The molecule has 7 rings (SSSR count). The molecule has 5 aliphatic heterocycles. The van der Waals surface area contributed by atoms with Gasteiger partial charge in [0.1, 0.15) is 18.3 Å². The molecule has 2 saturated carbocycles. The quantitative estimate of drug-likeness (QED) is 0.0178. The fourth-order valence-corrected chi connectivity index (χ4v) is 13.1. The van der Waals surface area contributed by atoms with Crippen LogP contribution in [0.4, 0.5) is 0 Å². The van der Waals surface area contributed by atoms with Crippen molar-refractivity contribution >= 4 is 39.5 Å². The van der Waals surface area contributed by atoms with Crippen molar-refractivity contribution in [1.29, 1.82) is 0 Å². The van der Waals surface area contributed by atoms with E-state index in [1.54, 1.807) is 24.8 Å². The van der Waals surface area contributed by atoms with E-state index in [0.717, 1.165) is 31.3 Å². The average Bonchev–Trinajstić information content (AvgIpc) is 3.96. The Morgan fingerprint density at radius 1 is 1.13 bits per heavy atom. The van der Waals surface area contributed by atoms with Gasteiger partial charge in [-0.3, -0.25) is 4.99 Å². The van der Waals surface area contributed by atoms with Crippen molar-refractivity contribution in [3.05, 3.63) is 58.2 Å². The van der Waals surface area contributed by atoms with Gasteiger partial charge < -0.3 is 80.5 Å². The fraction of sp³-hybridized carbons (Fsp3) is 0.674. The number of aliphatic hydroxyl groups excluding tert-OH is 5. The first-order valence-electron chi connectivity index (χ1n) is 23.0. The highest BCUT2D eigenvalue weighted by atomic mass is 33.1. The minimum Gasteiger partial charge on any atom is -0.478 e. The average molecular weight is 977 g/mol. The SMILES string of the molecule is CC(C)O[C@H]1[C@H](O[C@@H]2OC=C3C(=O)O[C@@H]4CC[C@@H](CO)[C@@H]4CSS[C@H]4CC#C/C(=C\C5=C(NC(N)=NCCCO)C(C(=O)O)=CN(C5)[C@H]4CO)[C@H]3[C@H]2C=C2CCCC2)O[C@H](CO)[C@@H](O)C1(O)O. The fourth-order valence-electron chi connectivity index (χ4n) is 9.84. The maximum absolute atomic E-state index is 14.9. The number of nitrogens with zero attached hydrogens (tertiary/aromatic N) is 2. The predicted molar refractivity (Wildman–Crippen MR) is 246 cm³/mol. The molecule has 0 unspecified atom stereocenters. The second-order valence-corrected chi connectivity index (χ2v) is 20.8. The number of allylic oxidation sites excluding steroid dienone is 2. The van der Waals surface area contributed by atoms with Crippen molar-refractivity contribution in [1.82, 2.24) is 10.2 Å². The zero-order valence-corrected chi connectivity index (χ0v) is 39.3. The van der Waals surface area contributed by atoms with E-state index >= 15 is 0 Å². The van der Waals surface area contributed by atoms with E-state index in [2.05, 4.69) is 22.2 Å². The van der Waals surface area contributed by atoms with Gasteiger partial charge in [-0.15, -0.1) is 0 Å². The number of hydrogen-bond acceptors (Lipinski definition) is 18. The Morgan fingerprint density at radius 3 is 2.60 bits per heavy atom. The zero-order valence-electron chi connectivity index (χ0n) is 37.6. The summed E-state index contributed by atoms with van der Waals surface area (Å²) in [4.78, 5) is 34.2. The molecule has 11 N–H and O–H groups in total. The number of carbonyl (C=O) groups is 2. The molecule has 370 valence electrons. The number of rotatable bonds is 13. The van der Waals surface area contributed by atoms with Crippen molar-refractivity contribution in [2.75, 3.05) is 45.3 Å². The first-order chi connectivity index (χ1) is 32.2. The summed E-state index contributed by atoms with van der Waals surface area (Å²) in [7, 11) is 3.02. The molecule has 0 aromatic carbocycles. The van der Waals surface area contributed by atoms with E-state index in [4.69, 9.17) is 29.4 Å². The van der Waals surface area contributed by atoms with Crippen molar-refractivity contribution in [3.63, 3.8) is 0 Å². The molecular formula is C46H64N4O15S2. The monoisotopic (exact) mass is 976 g/mol. The number of carbonyl (C=O) groups excluding carboxylic acids is 1. The van der Waals surface area contributed by atoms with Gasteiger partial charge >= 0.3 is 11.9 Å². The van der Waals surface area contributed by atoms with Gasteiger partial charge in [-0.1, -0.05) is 45.1 Å². The number of carboxylic acids is 1. The Kier molecular flexibility index (Phi) is 17.5. The van der Waals surface area contributed by atoms with E-state index in [9.17, 15) is 50.4 Å². The smallest absolute Gasteiger partial charge is 0.339 e. The van der Waals surface area contributed by atoms with Gasteiger partial charge in [-0.05, 0) is 76.4 Å². The number of carboxylic acid groups (broad SMARTS) is 1. The number of aliphatic imine (C=N–C) groups is 1. The molecule has 5 heterocycles. The second-order valence-electron chi connectivity index (χ2n) is 18.2. The number of fused-ring (bicyclic) bond motifs is 8. The number of aliphatic carboxylic acids is 1. The number of nitrogens with one attached hydrogen (secondary N) is 1. The lowest BCUT2D eigenvalue weighted by Gasteiger charge is -2.48. The predicted octanol–water partition coefficient (Wildman–Crippen LogP) is 0.742. The van der Waals surface area contributed by atoms with Crippen LogP contribution >= 0.6 is 21.6 Å². The summed E-state index contributed by atoms with van der Waals surface area (Å²) in [5, 5.41) is 88.0. The lowest BCUT2D eigenvalue weighted by atomic mass is 9.76. The maximum atomic E-state index is 14.9. The highest BCUT2D eigenvalue weighted by Crippen LogP contribution is 2.46. The van der Waals surface area contributed by atoms with Crippen LogP contribution in [0.25, 0.3) is 0 Å². The van der Waals surface area contributed by atoms with Crippen molar-refractivity contribution in [3.8, 4) is 11.8 Å². The van der Waals surface area contributed by atoms with Gasteiger partial charge in [0.15, 0.2) is 18.4 Å². The van der Waals surface area contributed by atoms with Gasteiger partial charge in [-0.25, -0.2) is 9.59 Å². The number of hydrogen-bond donors (Lipinski definition) is 10. The second kappa shape index (κ2) is 22.9. The Labute approximate surface area is 397 Å². The number of ether oxygens (including phenoxy) is 5. The van der Waals surface area contributed by atoms with Crippen LogP contribution in [-0.2, 0) is 33.3 Å². The van der Waals surface area contributed by atoms with Gasteiger partial charge in [0.2, 0.25) is 12.1 Å². The molecule has 7 aliphatic rings. The highest BCUT2D eigenvalue weighted by Gasteiger charge is 2.58. The molecule has 0 spiro atoms. The summed E-state index contributed by atoms with van der Waals surface area (Å²) < 4.78 is 31.3. The minimum absolute atomic E-state index is 0.0565. The first kappa shape index (κ1) is 51.2. The molecule has 19 nitrogen and oxygen atoms in total. The summed E-state index contributed by atoms with van der Waals surface area (Å²) in [5.41, 5.74) is 8.07. The van der Waals surface area contributed by atoms with Crippen LogP contribution in [-0.4, -0.2) is 169 Å². The molecule has 1 saturated heterocycles. The minimum atomic E-state index is -2.96. The van der Waals surface area contributed by atoms with E-state index < -0.39 is 85.3 Å². The molecule has 0 aromatic heterocycles. The Bertz CT molecular complexity index is 2060. The molecule has 0 radical (unpaired) electrons. The van der Waals surface area contributed by atoms with Gasteiger partial charge in [0, 0.05) is 67.3 Å². The van der Waals surface area contributed by atoms with E-state index in [1.807, 2.05) is 6.08 Å². The van der Waals surface area contributed by atoms with Crippen LogP contribution < -0.4 is 11.1 Å². The van der Waals surface area contributed by atoms with Crippen molar-refractivity contribution in [2.24, 2.45) is 34.4 Å². The standard InChI is InChI=1S/C46H64N4O15S2/c1-24(2)62-40-44(64-35(21-54)39(55)46(40,59)60)65-43-29(15-25-7-3-4-8-25)37-26-9-5-10-36(67-66-23-32-27(19-52)11-12-34(32)63-42(58)31(37)22-61-43)33(20-53)50-17-28(16-26)38(30(18-50)41(56)57)49-45(47)48-13-6-14-51/h15-16,18,22,24,27,29,32-37,39-40,43-44,51-55,59-60H,3-4,6-8,10-14,17,19-21,23H2,1-2H3,(H,56,57)(H3,47,48,49)/b26-16+/t27-,29+,32-,33-,34+,35+,36-,37-,39+,40-,43-,44-/m0/s1. The van der Waals surface area contributed by atoms with Gasteiger partial charge in [0.25, 0.3) is 0 Å². The molecule has 4 bridgehead atoms. The largest absolute Gasteiger partial charge is 0.478 e. The summed E-state index contributed by atoms with van der Waals surface area (Å²) in [6, 6.07) is -0.610. The van der Waals surface area contributed by atoms with Crippen molar-refractivity contribution < 1.29 is 74.1 Å². The Morgan fingerprint density at radius 2 is 1.91 bits per heavy atom. The van der Waals surface area contributed by atoms with E-state index in [-0.39, 0.29) is 79.2 Å². The van der Waals surface area contributed by atoms with Gasteiger partial charge in [-0.2, -0.15) is 0 Å². The maximum Gasteiger partial charge on any atom is 0.339 e.